The Bertz CT molecular complexity index is 264. The molecule has 0 aliphatic rings. The molecular formula is C11H17Cl3O4. The minimum absolute atomic E-state index is 0.200. The fourth-order valence-corrected chi connectivity index (χ4v) is 1.47. The zero-order valence-corrected chi connectivity index (χ0v) is 12.2. The van der Waals surface area contributed by atoms with Gasteiger partial charge in [0.15, 0.2) is 0 Å². The number of esters is 1. The second-order valence-corrected chi connectivity index (χ2v) is 6.45. The molecule has 0 atom stereocenters. The van der Waals surface area contributed by atoms with Crippen molar-refractivity contribution < 1.29 is 19.4 Å². The van der Waals surface area contributed by atoms with Gasteiger partial charge in [-0.3, -0.25) is 9.59 Å². The lowest BCUT2D eigenvalue weighted by atomic mass is 10.1. The standard InChI is InChI=1S/C11H17Cl3O4/c12-11(13,14)8-18-10(17)7-5-3-1-2-4-6-9(15)16/h1-8H2,(H,15,16). The van der Waals surface area contributed by atoms with E-state index < -0.39 is 9.76 Å². The van der Waals surface area contributed by atoms with E-state index in [1.165, 1.54) is 0 Å². The highest BCUT2D eigenvalue weighted by molar-refractivity contribution is 6.67. The Morgan fingerprint density at radius 2 is 1.44 bits per heavy atom. The van der Waals surface area contributed by atoms with Crippen molar-refractivity contribution in [3.63, 3.8) is 0 Å². The average molecular weight is 320 g/mol. The Morgan fingerprint density at radius 1 is 0.944 bits per heavy atom. The number of alkyl halides is 3. The molecule has 0 aromatic heterocycles. The predicted octanol–water partition coefficient (Wildman–Crippen LogP) is 3.72. The molecule has 1 N–H and O–H groups in total. The Hall–Kier alpha value is -0.190. The van der Waals surface area contributed by atoms with Crippen molar-refractivity contribution in [3.05, 3.63) is 0 Å². The van der Waals surface area contributed by atoms with Gasteiger partial charge in [0.2, 0.25) is 3.79 Å². The summed E-state index contributed by atoms with van der Waals surface area (Å²) >= 11 is 16.3. The molecule has 0 unspecified atom stereocenters. The highest BCUT2D eigenvalue weighted by Crippen LogP contribution is 2.26. The molecule has 4 nitrogen and oxygen atoms in total. The molecule has 0 aliphatic heterocycles. The molecule has 106 valence electrons. The van der Waals surface area contributed by atoms with E-state index in [0.717, 1.165) is 19.3 Å². The van der Waals surface area contributed by atoms with E-state index >= 15 is 0 Å². The summed E-state index contributed by atoms with van der Waals surface area (Å²) in [6.45, 7) is -0.241. The minimum atomic E-state index is -1.56. The quantitative estimate of drug-likeness (QED) is 0.400. The molecule has 7 heteroatoms. The Balaban J connectivity index is 3.33. The first-order valence-electron chi connectivity index (χ1n) is 5.75. The maximum Gasteiger partial charge on any atom is 0.305 e. The number of carbonyl (C=O) groups excluding carboxylic acids is 1. The Morgan fingerprint density at radius 3 is 1.94 bits per heavy atom. The Kier molecular flexibility index (Phi) is 9.60. The van der Waals surface area contributed by atoms with E-state index in [-0.39, 0.29) is 19.0 Å². The van der Waals surface area contributed by atoms with Crippen molar-refractivity contribution in [3.8, 4) is 0 Å². The summed E-state index contributed by atoms with van der Waals surface area (Å²) in [5, 5.41) is 8.42. The first kappa shape index (κ1) is 17.8. The largest absolute Gasteiger partial charge is 0.481 e. The summed E-state index contributed by atoms with van der Waals surface area (Å²) in [4.78, 5) is 21.4. The van der Waals surface area contributed by atoms with Gasteiger partial charge in [0.1, 0.15) is 6.61 Å². The lowest BCUT2D eigenvalue weighted by Crippen LogP contribution is -2.17. The summed E-state index contributed by atoms with van der Waals surface area (Å²) in [6, 6.07) is 0. The lowest BCUT2D eigenvalue weighted by Gasteiger charge is -2.10. The number of carboxylic acid groups (broad SMARTS) is 1. The molecule has 0 heterocycles. The van der Waals surface area contributed by atoms with Crippen LogP contribution in [0.5, 0.6) is 0 Å². The summed E-state index contributed by atoms with van der Waals surface area (Å²) in [7, 11) is 0. The molecule has 0 spiro atoms. The lowest BCUT2D eigenvalue weighted by molar-refractivity contribution is -0.143. The number of hydrogen-bond acceptors (Lipinski definition) is 3. The van der Waals surface area contributed by atoms with Gasteiger partial charge in [0.05, 0.1) is 0 Å². The van der Waals surface area contributed by atoms with Gasteiger partial charge in [0.25, 0.3) is 0 Å². The average Bonchev–Trinajstić information content (AvgIpc) is 2.23. The van der Waals surface area contributed by atoms with Gasteiger partial charge in [-0.05, 0) is 12.8 Å². The number of hydrogen-bond donors (Lipinski definition) is 1. The zero-order valence-electron chi connectivity index (χ0n) is 9.96. The summed E-state index contributed by atoms with van der Waals surface area (Å²) < 4.78 is 3.19. The molecular weight excluding hydrogens is 302 g/mol. The van der Waals surface area contributed by atoms with Crippen LogP contribution in [0.3, 0.4) is 0 Å². The SMILES string of the molecule is O=C(O)CCCCCCCC(=O)OCC(Cl)(Cl)Cl. The molecule has 0 bridgehead atoms. The van der Waals surface area contributed by atoms with Crippen LogP contribution in [0.1, 0.15) is 44.9 Å². The Labute approximate surface area is 122 Å². The van der Waals surface area contributed by atoms with E-state index in [2.05, 4.69) is 0 Å². The van der Waals surface area contributed by atoms with Crippen LogP contribution in [0.4, 0.5) is 0 Å². The number of ether oxygens (including phenoxy) is 1. The van der Waals surface area contributed by atoms with Crippen LogP contribution in [0.25, 0.3) is 0 Å². The van der Waals surface area contributed by atoms with Crippen LogP contribution in [0.15, 0.2) is 0 Å². The van der Waals surface area contributed by atoms with E-state index in [4.69, 9.17) is 44.6 Å². The third-order valence-electron chi connectivity index (χ3n) is 2.17. The van der Waals surface area contributed by atoms with Gasteiger partial charge in [-0.15, -0.1) is 0 Å². The molecule has 0 aromatic rings. The monoisotopic (exact) mass is 318 g/mol. The second-order valence-electron chi connectivity index (χ2n) is 3.94. The first-order chi connectivity index (χ1) is 8.31. The maximum atomic E-state index is 11.2. The van der Waals surface area contributed by atoms with E-state index in [1.807, 2.05) is 0 Å². The van der Waals surface area contributed by atoms with Crippen LogP contribution in [-0.4, -0.2) is 27.4 Å². The zero-order chi connectivity index (χ0) is 14.0. The summed E-state index contributed by atoms with van der Waals surface area (Å²) in [6.07, 6.45) is 4.49. The highest BCUT2D eigenvalue weighted by Gasteiger charge is 2.21. The van der Waals surface area contributed by atoms with E-state index in [9.17, 15) is 9.59 Å². The summed E-state index contributed by atoms with van der Waals surface area (Å²) in [5.41, 5.74) is 0. The second kappa shape index (κ2) is 9.70. The number of halogens is 3. The van der Waals surface area contributed by atoms with Crippen LogP contribution in [0, 0.1) is 0 Å². The smallest absolute Gasteiger partial charge is 0.305 e. The van der Waals surface area contributed by atoms with E-state index in [1.54, 1.807) is 0 Å². The molecule has 0 fully saturated rings. The fraction of sp³-hybridized carbons (Fsp3) is 0.818. The number of aliphatic carboxylic acids is 1. The van der Waals surface area contributed by atoms with Gasteiger partial charge >= 0.3 is 11.9 Å². The molecule has 0 saturated heterocycles. The van der Waals surface area contributed by atoms with Crippen LogP contribution >= 0.6 is 34.8 Å². The van der Waals surface area contributed by atoms with Crippen LogP contribution in [0.2, 0.25) is 0 Å². The van der Waals surface area contributed by atoms with Gasteiger partial charge in [-0.2, -0.15) is 0 Å². The normalized spacial score (nSPS) is 11.3. The molecule has 0 radical (unpaired) electrons. The third-order valence-corrected chi connectivity index (χ3v) is 2.50. The first-order valence-corrected chi connectivity index (χ1v) is 6.89. The maximum absolute atomic E-state index is 11.2. The van der Waals surface area contributed by atoms with E-state index in [0.29, 0.717) is 19.3 Å². The van der Waals surface area contributed by atoms with Crippen molar-refractivity contribution in [2.24, 2.45) is 0 Å². The topological polar surface area (TPSA) is 63.6 Å². The van der Waals surface area contributed by atoms with Gasteiger partial charge in [-0.25, -0.2) is 0 Å². The number of unbranched alkanes of at least 4 members (excludes halogenated alkanes) is 4. The van der Waals surface area contributed by atoms with Crippen molar-refractivity contribution in [2.75, 3.05) is 6.61 Å². The van der Waals surface area contributed by atoms with Crippen molar-refractivity contribution in [2.45, 2.75) is 48.7 Å². The fourth-order valence-electron chi connectivity index (χ4n) is 1.31. The third kappa shape index (κ3) is 13.9. The molecule has 0 rings (SSSR count). The van der Waals surface area contributed by atoms with Crippen molar-refractivity contribution in [1.29, 1.82) is 0 Å². The summed E-state index contributed by atoms with van der Waals surface area (Å²) in [5.74, 6) is -1.16. The number of carboxylic acids is 1. The molecule has 0 aliphatic carbocycles. The van der Waals surface area contributed by atoms with Crippen LogP contribution in [-0.2, 0) is 14.3 Å². The van der Waals surface area contributed by atoms with Gasteiger partial charge in [-0.1, -0.05) is 54.1 Å². The van der Waals surface area contributed by atoms with Crippen LogP contribution < -0.4 is 0 Å². The van der Waals surface area contributed by atoms with Gasteiger partial charge in [0, 0.05) is 12.8 Å². The molecule has 0 saturated carbocycles. The van der Waals surface area contributed by atoms with Crippen molar-refractivity contribution >= 4 is 46.7 Å². The molecule has 0 aromatic carbocycles. The molecule has 18 heavy (non-hydrogen) atoms. The molecule has 0 amide bonds. The minimum Gasteiger partial charge on any atom is -0.481 e. The highest BCUT2D eigenvalue weighted by atomic mass is 35.6. The number of carbonyl (C=O) groups is 2. The predicted molar refractivity (Wildman–Crippen MR) is 71.2 cm³/mol. The van der Waals surface area contributed by atoms with Crippen molar-refractivity contribution in [1.82, 2.24) is 0 Å². The van der Waals surface area contributed by atoms with Gasteiger partial charge < -0.3 is 9.84 Å². The number of rotatable bonds is 9.